The lowest BCUT2D eigenvalue weighted by molar-refractivity contribution is 0.592. The topological polar surface area (TPSA) is 0 Å². The molecular weight excluding hydrogens is 160 g/mol. The number of thiol groups is 2. The van der Waals surface area contributed by atoms with E-state index >= 15 is 0 Å². The molecule has 1 atom stereocenters. The summed E-state index contributed by atoms with van der Waals surface area (Å²) in [5.41, 5.74) is 0. The van der Waals surface area contributed by atoms with Crippen molar-refractivity contribution < 1.29 is 0 Å². The zero-order valence-corrected chi connectivity index (χ0v) is 8.88. The molecular formula is C8H18S2. The molecule has 0 saturated carbocycles. The van der Waals surface area contributed by atoms with Gasteiger partial charge in [-0.05, 0) is 12.8 Å². The normalized spacial score (nSPS) is 15.3. The molecule has 0 spiro atoms. The van der Waals surface area contributed by atoms with E-state index in [0.29, 0.717) is 5.25 Å². The molecule has 62 valence electrons. The molecule has 10 heavy (non-hydrogen) atoms. The van der Waals surface area contributed by atoms with Gasteiger partial charge < -0.3 is 0 Å². The highest BCUT2D eigenvalue weighted by molar-refractivity contribution is 7.82. The monoisotopic (exact) mass is 178 g/mol. The number of rotatable bonds is 4. The molecule has 0 N–H and O–H groups in total. The van der Waals surface area contributed by atoms with Crippen molar-refractivity contribution in [2.45, 2.75) is 50.0 Å². The van der Waals surface area contributed by atoms with Gasteiger partial charge in [-0.3, -0.25) is 0 Å². The van der Waals surface area contributed by atoms with Crippen LogP contribution in [0.5, 0.6) is 0 Å². The summed E-state index contributed by atoms with van der Waals surface area (Å²) in [4.78, 5) is 0. The van der Waals surface area contributed by atoms with Crippen LogP contribution in [0.2, 0.25) is 0 Å². The summed E-state index contributed by atoms with van der Waals surface area (Å²) in [5.74, 6) is 0. The minimum absolute atomic E-state index is 0.140. The molecule has 2 heteroatoms. The van der Waals surface area contributed by atoms with Crippen LogP contribution in [0.25, 0.3) is 0 Å². The quantitative estimate of drug-likeness (QED) is 0.607. The first-order valence-electron chi connectivity index (χ1n) is 3.86. The van der Waals surface area contributed by atoms with E-state index < -0.39 is 0 Å². The van der Waals surface area contributed by atoms with Gasteiger partial charge in [-0.15, -0.1) is 0 Å². The molecule has 0 rings (SSSR count). The Balaban J connectivity index is 3.47. The summed E-state index contributed by atoms with van der Waals surface area (Å²) >= 11 is 8.89. The first kappa shape index (κ1) is 10.7. The van der Waals surface area contributed by atoms with Crippen LogP contribution in [-0.2, 0) is 0 Å². The molecule has 0 aliphatic rings. The molecule has 0 saturated heterocycles. The molecule has 0 aliphatic heterocycles. The molecule has 0 bridgehead atoms. The van der Waals surface area contributed by atoms with E-state index in [4.69, 9.17) is 0 Å². The van der Waals surface area contributed by atoms with Gasteiger partial charge in [-0.1, -0.05) is 27.2 Å². The van der Waals surface area contributed by atoms with E-state index in [9.17, 15) is 0 Å². The fourth-order valence-electron chi connectivity index (χ4n) is 1.01. The predicted molar refractivity (Wildman–Crippen MR) is 55.4 cm³/mol. The van der Waals surface area contributed by atoms with Gasteiger partial charge in [-0.25, -0.2) is 0 Å². The molecule has 0 aliphatic carbocycles. The largest absolute Gasteiger partial charge is 0.176 e. The molecule has 0 radical (unpaired) electrons. The van der Waals surface area contributed by atoms with Crippen LogP contribution in [0.3, 0.4) is 0 Å². The Morgan fingerprint density at radius 3 is 2.20 bits per heavy atom. The van der Waals surface area contributed by atoms with Gasteiger partial charge in [0.15, 0.2) is 0 Å². The van der Waals surface area contributed by atoms with Crippen molar-refractivity contribution in [3.8, 4) is 0 Å². The molecule has 0 aromatic carbocycles. The summed E-state index contributed by atoms with van der Waals surface area (Å²) < 4.78 is 0.140. The highest BCUT2D eigenvalue weighted by Crippen LogP contribution is 2.23. The second-order valence-electron chi connectivity index (χ2n) is 3.46. The summed E-state index contributed by atoms with van der Waals surface area (Å²) in [7, 11) is 0. The summed E-state index contributed by atoms with van der Waals surface area (Å²) in [6.45, 7) is 6.46. The molecule has 0 aromatic rings. The van der Waals surface area contributed by atoms with Gasteiger partial charge >= 0.3 is 0 Å². The fourth-order valence-corrected chi connectivity index (χ4v) is 2.09. The second-order valence-corrected chi connectivity index (χ2v) is 5.40. The maximum atomic E-state index is 4.45. The molecule has 0 fully saturated rings. The maximum absolute atomic E-state index is 4.45. The molecule has 0 heterocycles. The van der Waals surface area contributed by atoms with Crippen LogP contribution in [0, 0.1) is 0 Å². The Labute approximate surface area is 75.6 Å². The number of hydrogen-bond donors (Lipinski definition) is 2. The third-order valence-corrected chi connectivity index (χ3v) is 1.98. The third-order valence-electron chi connectivity index (χ3n) is 1.36. The fraction of sp³-hybridized carbons (Fsp3) is 1.00. The van der Waals surface area contributed by atoms with Crippen molar-refractivity contribution in [1.29, 1.82) is 0 Å². The Kier molecular flexibility index (Phi) is 4.87. The summed E-state index contributed by atoms with van der Waals surface area (Å²) in [6.07, 6.45) is 3.51. The van der Waals surface area contributed by atoms with Crippen molar-refractivity contribution >= 4 is 25.3 Å². The third kappa shape index (κ3) is 6.81. The molecule has 0 nitrogen and oxygen atoms in total. The van der Waals surface area contributed by atoms with E-state index in [2.05, 4.69) is 46.0 Å². The lowest BCUT2D eigenvalue weighted by atomic mass is 10.0. The van der Waals surface area contributed by atoms with Gasteiger partial charge in [0.05, 0.1) is 0 Å². The first-order chi connectivity index (χ1) is 4.45. The zero-order valence-electron chi connectivity index (χ0n) is 7.09. The minimum Gasteiger partial charge on any atom is -0.176 e. The van der Waals surface area contributed by atoms with E-state index in [1.807, 2.05) is 0 Å². The van der Waals surface area contributed by atoms with E-state index in [0.717, 1.165) is 6.42 Å². The average Bonchev–Trinajstić information content (AvgIpc) is 1.59. The summed E-state index contributed by atoms with van der Waals surface area (Å²) in [5, 5.41) is 0.525. The standard InChI is InChI=1S/C8H18S2/c1-4-5-7(9)6-8(2,3)10/h7,9-10H,4-6H2,1-3H3. The predicted octanol–water partition coefficient (Wildman–Crippen LogP) is 3.18. The SMILES string of the molecule is CCCC(S)CC(C)(C)S. The Morgan fingerprint density at radius 1 is 1.40 bits per heavy atom. The Bertz CT molecular complexity index is 83.7. The smallest absolute Gasteiger partial charge is 0.00836 e. The van der Waals surface area contributed by atoms with Crippen molar-refractivity contribution in [3.05, 3.63) is 0 Å². The minimum atomic E-state index is 0.140. The van der Waals surface area contributed by atoms with Crippen LogP contribution in [0.4, 0.5) is 0 Å². The molecule has 1 unspecified atom stereocenters. The average molecular weight is 178 g/mol. The summed E-state index contributed by atoms with van der Waals surface area (Å²) in [6, 6.07) is 0. The molecule has 0 aromatic heterocycles. The van der Waals surface area contributed by atoms with Crippen LogP contribution in [-0.4, -0.2) is 10.00 Å². The van der Waals surface area contributed by atoms with E-state index in [-0.39, 0.29) is 4.75 Å². The van der Waals surface area contributed by atoms with Crippen molar-refractivity contribution in [2.75, 3.05) is 0 Å². The Morgan fingerprint density at radius 2 is 1.90 bits per heavy atom. The van der Waals surface area contributed by atoms with Crippen LogP contribution in [0.1, 0.15) is 40.0 Å². The van der Waals surface area contributed by atoms with Crippen molar-refractivity contribution in [2.24, 2.45) is 0 Å². The van der Waals surface area contributed by atoms with Gasteiger partial charge in [0.2, 0.25) is 0 Å². The maximum Gasteiger partial charge on any atom is 0.00836 e. The van der Waals surface area contributed by atoms with Gasteiger partial charge in [0.1, 0.15) is 0 Å². The van der Waals surface area contributed by atoms with Crippen LogP contribution < -0.4 is 0 Å². The lowest BCUT2D eigenvalue weighted by Gasteiger charge is -2.21. The van der Waals surface area contributed by atoms with Gasteiger partial charge in [0.25, 0.3) is 0 Å². The highest BCUT2D eigenvalue weighted by atomic mass is 32.1. The number of hydrogen-bond acceptors (Lipinski definition) is 2. The van der Waals surface area contributed by atoms with Crippen molar-refractivity contribution in [1.82, 2.24) is 0 Å². The second kappa shape index (κ2) is 4.55. The highest BCUT2D eigenvalue weighted by Gasteiger charge is 2.15. The lowest BCUT2D eigenvalue weighted by Crippen LogP contribution is -2.16. The van der Waals surface area contributed by atoms with Crippen molar-refractivity contribution in [3.63, 3.8) is 0 Å². The Hall–Kier alpha value is 0.700. The molecule has 0 amide bonds. The first-order valence-corrected chi connectivity index (χ1v) is 4.82. The van der Waals surface area contributed by atoms with E-state index in [1.54, 1.807) is 0 Å². The van der Waals surface area contributed by atoms with E-state index in [1.165, 1.54) is 12.8 Å². The van der Waals surface area contributed by atoms with Gasteiger partial charge in [0, 0.05) is 10.00 Å². The van der Waals surface area contributed by atoms with Gasteiger partial charge in [-0.2, -0.15) is 25.3 Å². The zero-order chi connectivity index (χ0) is 8.20. The van der Waals surface area contributed by atoms with Crippen LogP contribution in [0.15, 0.2) is 0 Å². The van der Waals surface area contributed by atoms with Crippen LogP contribution >= 0.6 is 25.3 Å².